The van der Waals surface area contributed by atoms with Crippen molar-refractivity contribution in [1.29, 1.82) is 0 Å². The maximum absolute atomic E-state index is 12.0. The lowest BCUT2D eigenvalue weighted by atomic mass is 10.1. The number of aromatic hydroxyl groups is 2. The standard InChI is InChI=1S/C12H13N3O4/c1-2-13-12-10(11(19)8(17)5-14-12)7-3-6(16)4-9(18)15-7/h3-5,17H,2H2,1H3,(H2,13,14,19)(H2,15,16,18). The fourth-order valence-corrected chi connectivity index (χ4v) is 1.76. The number of rotatable bonds is 3. The van der Waals surface area contributed by atoms with Gasteiger partial charge in [0.25, 0.3) is 5.56 Å². The Morgan fingerprint density at radius 3 is 2.63 bits per heavy atom. The van der Waals surface area contributed by atoms with Gasteiger partial charge in [0.05, 0.1) is 11.3 Å². The molecule has 100 valence electrons. The Balaban J connectivity index is 2.75. The topological polar surface area (TPSA) is 118 Å². The summed E-state index contributed by atoms with van der Waals surface area (Å²) in [6, 6.07) is 2.24. The van der Waals surface area contributed by atoms with E-state index >= 15 is 0 Å². The molecule has 7 heteroatoms. The molecule has 7 nitrogen and oxygen atoms in total. The first kappa shape index (κ1) is 12.7. The van der Waals surface area contributed by atoms with E-state index in [1.165, 1.54) is 6.07 Å². The third-order valence-corrected chi connectivity index (χ3v) is 2.51. The molecule has 0 aliphatic heterocycles. The predicted molar refractivity (Wildman–Crippen MR) is 70.6 cm³/mol. The Morgan fingerprint density at radius 2 is 2.00 bits per heavy atom. The van der Waals surface area contributed by atoms with E-state index in [-0.39, 0.29) is 17.0 Å². The second kappa shape index (κ2) is 4.89. The zero-order valence-corrected chi connectivity index (χ0v) is 10.2. The predicted octanol–water partition coefficient (Wildman–Crippen LogP) is 0.573. The van der Waals surface area contributed by atoms with Crippen LogP contribution in [0.15, 0.2) is 27.9 Å². The van der Waals surface area contributed by atoms with Gasteiger partial charge in [0.15, 0.2) is 5.75 Å². The highest BCUT2D eigenvalue weighted by atomic mass is 16.3. The molecule has 0 spiro atoms. The highest BCUT2D eigenvalue weighted by Gasteiger charge is 2.14. The molecule has 19 heavy (non-hydrogen) atoms. The zero-order chi connectivity index (χ0) is 14.0. The quantitative estimate of drug-likeness (QED) is 0.555. The lowest BCUT2D eigenvalue weighted by Gasteiger charge is -2.10. The fraction of sp³-hybridized carbons (Fsp3) is 0.167. The number of pyridine rings is 2. The first-order chi connectivity index (χ1) is 9.02. The monoisotopic (exact) mass is 263 g/mol. The van der Waals surface area contributed by atoms with Crippen LogP contribution in [0.3, 0.4) is 0 Å². The molecule has 2 rings (SSSR count). The minimum absolute atomic E-state index is 0.0647. The van der Waals surface area contributed by atoms with Crippen LogP contribution in [-0.2, 0) is 0 Å². The molecule has 0 atom stereocenters. The van der Waals surface area contributed by atoms with Gasteiger partial charge in [-0.1, -0.05) is 0 Å². The minimum Gasteiger partial charge on any atom is -0.508 e. The van der Waals surface area contributed by atoms with Crippen molar-refractivity contribution in [2.45, 2.75) is 6.92 Å². The van der Waals surface area contributed by atoms with Crippen molar-refractivity contribution in [1.82, 2.24) is 9.97 Å². The van der Waals surface area contributed by atoms with Crippen LogP contribution >= 0.6 is 0 Å². The molecule has 0 radical (unpaired) electrons. The summed E-state index contributed by atoms with van der Waals surface area (Å²) in [6.07, 6.45) is 1.16. The number of H-pyrrole nitrogens is 2. The number of aromatic nitrogens is 2. The average molecular weight is 263 g/mol. The van der Waals surface area contributed by atoms with Gasteiger partial charge in [-0.05, 0) is 6.92 Å². The normalized spacial score (nSPS) is 10.4. The van der Waals surface area contributed by atoms with Gasteiger partial charge in [0.1, 0.15) is 11.6 Å². The molecular formula is C12H13N3O4. The average Bonchev–Trinajstić information content (AvgIpc) is 2.33. The summed E-state index contributed by atoms with van der Waals surface area (Å²) >= 11 is 0. The van der Waals surface area contributed by atoms with Crippen molar-refractivity contribution >= 4 is 5.82 Å². The Hall–Kier alpha value is -2.70. The summed E-state index contributed by atoms with van der Waals surface area (Å²) < 4.78 is 0. The first-order valence-electron chi connectivity index (χ1n) is 5.65. The van der Waals surface area contributed by atoms with Crippen LogP contribution in [0.5, 0.6) is 11.5 Å². The lowest BCUT2D eigenvalue weighted by molar-refractivity contribution is 0.467. The molecule has 0 saturated carbocycles. The Bertz CT molecular complexity index is 718. The summed E-state index contributed by atoms with van der Waals surface area (Å²) in [7, 11) is 0. The highest BCUT2D eigenvalue weighted by molar-refractivity contribution is 5.74. The van der Waals surface area contributed by atoms with E-state index in [0.717, 1.165) is 12.3 Å². The van der Waals surface area contributed by atoms with Crippen molar-refractivity contribution < 1.29 is 10.2 Å². The molecule has 5 N–H and O–H groups in total. The van der Waals surface area contributed by atoms with Gasteiger partial charge in [0.2, 0.25) is 5.43 Å². The molecule has 0 amide bonds. The molecule has 2 aromatic rings. The van der Waals surface area contributed by atoms with E-state index in [1.807, 2.05) is 6.92 Å². The number of anilines is 1. The summed E-state index contributed by atoms with van der Waals surface area (Å²) in [4.78, 5) is 28.5. The Labute approximate surface area is 107 Å². The van der Waals surface area contributed by atoms with Crippen LogP contribution in [0, 0.1) is 0 Å². The molecular weight excluding hydrogens is 250 g/mol. The smallest absolute Gasteiger partial charge is 0.252 e. The minimum atomic E-state index is -0.643. The van der Waals surface area contributed by atoms with Gasteiger partial charge in [-0.25, -0.2) is 0 Å². The largest absolute Gasteiger partial charge is 0.508 e. The summed E-state index contributed by atoms with van der Waals surface area (Å²) in [5, 5.41) is 21.8. The maximum Gasteiger partial charge on any atom is 0.252 e. The lowest BCUT2D eigenvalue weighted by Crippen LogP contribution is -2.14. The van der Waals surface area contributed by atoms with Gasteiger partial charge in [0, 0.05) is 24.9 Å². The van der Waals surface area contributed by atoms with Gasteiger partial charge in [-0.3, -0.25) is 9.59 Å². The number of hydrogen-bond donors (Lipinski definition) is 5. The number of nitrogens with one attached hydrogen (secondary N) is 3. The first-order valence-corrected chi connectivity index (χ1v) is 5.65. The molecule has 0 bridgehead atoms. The summed E-state index contributed by atoms with van der Waals surface area (Å²) in [5.74, 6) is -0.378. The third kappa shape index (κ3) is 2.44. The van der Waals surface area contributed by atoms with E-state index in [1.54, 1.807) is 0 Å². The molecule has 0 unspecified atom stereocenters. The molecule has 0 aromatic carbocycles. The molecule has 0 fully saturated rings. The van der Waals surface area contributed by atoms with Crippen LogP contribution in [0.25, 0.3) is 11.3 Å². The molecule has 0 aliphatic rings. The van der Waals surface area contributed by atoms with Crippen molar-refractivity contribution in [3.05, 3.63) is 38.9 Å². The van der Waals surface area contributed by atoms with E-state index in [4.69, 9.17) is 0 Å². The second-order valence-electron chi connectivity index (χ2n) is 3.90. The molecule has 2 aromatic heterocycles. The van der Waals surface area contributed by atoms with E-state index in [9.17, 15) is 19.8 Å². The van der Waals surface area contributed by atoms with E-state index in [0.29, 0.717) is 12.4 Å². The maximum atomic E-state index is 12.0. The second-order valence-corrected chi connectivity index (χ2v) is 3.90. The summed E-state index contributed by atoms with van der Waals surface area (Å²) in [5.41, 5.74) is -0.996. The van der Waals surface area contributed by atoms with Gasteiger partial charge >= 0.3 is 0 Å². The van der Waals surface area contributed by atoms with Crippen molar-refractivity contribution in [3.63, 3.8) is 0 Å². The van der Waals surface area contributed by atoms with Gasteiger partial charge < -0.3 is 25.5 Å². The van der Waals surface area contributed by atoms with E-state index < -0.39 is 16.7 Å². The van der Waals surface area contributed by atoms with Crippen LogP contribution in [-0.4, -0.2) is 26.7 Å². The Morgan fingerprint density at radius 1 is 1.26 bits per heavy atom. The van der Waals surface area contributed by atoms with Crippen LogP contribution < -0.4 is 16.3 Å². The van der Waals surface area contributed by atoms with Gasteiger partial charge in [-0.2, -0.15) is 0 Å². The molecule has 0 saturated heterocycles. The molecule has 0 aliphatic carbocycles. The third-order valence-electron chi connectivity index (χ3n) is 2.51. The van der Waals surface area contributed by atoms with Crippen LogP contribution in [0.4, 0.5) is 5.82 Å². The molecule has 2 heterocycles. The van der Waals surface area contributed by atoms with Gasteiger partial charge in [-0.15, -0.1) is 0 Å². The van der Waals surface area contributed by atoms with Crippen molar-refractivity contribution in [2.75, 3.05) is 11.9 Å². The fourth-order valence-electron chi connectivity index (χ4n) is 1.76. The van der Waals surface area contributed by atoms with Crippen molar-refractivity contribution in [3.8, 4) is 22.8 Å². The number of hydrogen-bond acceptors (Lipinski definition) is 5. The van der Waals surface area contributed by atoms with Crippen LogP contribution in [0.2, 0.25) is 0 Å². The highest BCUT2D eigenvalue weighted by Crippen LogP contribution is 2.24. The number of aromatic amines is 2. The van der Waals surface area contributed by atoms with Crippen molar-refractivity contribution in [2.24, 2.45) is 0 Å². The SMILES string of the molecule is CCNc1[nH]cc(O)c(=O)c1-c1cc(O)cc(=O)[nH]1. The van der Waals surface area contributed by atoms with E-state index in [2.05, 4.69) is 15.3 Å². The van der Waals surface area contributed by atoms with Crippen LogP contribution in [0.1, 0.15) is 6.92 Å². The Kier molecular flexibility index (Phi) is 3.28. The summed E-state index contributed by atoms with van der Waals surface area (Å²) in [6.45, 7) is 2.37. The zero-order valence-electron chi connectivity index (χ0n) is 10.2.